The second kappa shape index (κ2) is 6.20. The predicted octanol–water partition coefficient (Wildman–Crippen LogP) is 2.07. The van der Waals surface area contributed by atoms with Crippen molar-refractivity contribution in [2.24, 2.45) is 0 Å². The number of hydrogen-bond acceptors (Lipinski definition) is 4. The molecule has 0 radical (unpaired) electrons. The molecule has 2 aromatic rings. The van der Waals surface area contributed by atoms with Gasteiger partial charge in [-0.05, 0) is 37.8 Å². The largest absolute Gasteiger partial charge is 0.371 e. The molecule has 0 aromatic carbocycles. The third kappa shape index (κ3) is 2.91. The van der Waals surface area contributed by atoms with E-state index in [2.05, 4.69) is 27.6 Å². The highest BCUT2D eigenvalue weighted by molar-refractivity contribution is 6.00. The van der Waals surface area contributed by atoms with Crippen LogP contribution in [0, 0.1) is 0 Å². The van der Waals surface area contributed by atoms with Gasteiger partial charge in [-0.1, -0.05) is 6.42 Å². The van der Waals surface area contributed by atoms with Gasteiger partial charge in [0.1, 0.15) is 0 Å². The fourth-order valence-corrected chi connectivity index (χ4v) is 3.53. The second-order valence-corrected chi connectivity index (χ2v) is 6.46. The van der Waals surface area contributed by atoms with Crippen molar-refractivity contribution in [3.8, 4) is 0 Å². The Labute approximate surface area is 136 Å². The Morgan fingerprint density at radius 3 is 2.57 bits per heavy atom. The van der Waals surface area contributed by atoms with E-state index in [0.29, 0.717) is 5.56 Å². The van der Waals surface area contributed by atoms with Crippen molar-refractivity contribution in [2.75, 3.05) is 31.1 Å². The fourth-order valence-electron chi connectivity index (χ4n) is 3.53. The van der Waals surface area contributed by atoms with Gasteiger partial charge in [0.25, 0.3) is 5.91 Å². The van der Waals surface area contributed by atoms with E-state index in [9.17, 15) is 4.79 Å². The van der Waals surface area contributed by atoms with Crippen LogP contribution in [0.5, 0.6) is 0 Å². The summed E-state index contributed by atoms with van der Waals surface area (Å²) in [5.74, 6) is -0.0551. The van der Waals surface area contributed by atoms with Gasteiger partial charge >= 0.3 is 0 Å². The van der Waals surface area contributed by atoms with Crippen molar-refractivity contribution in [1.82, 2.24) is 20.0 Å². The molecule has 2 aromatic heterocycles. The van der Waals surface area contributed by atoms with Gasteiger partial charge in [0.05, 0.1) is 17.3 Å². The van der Waals surface area contributed by atoms with E-state index in [0.717, 1.165) is 44.5 Å². The average molecular weight is 313 g/mol. The summed E-state index contributed by atoms with van der Waals surface area (Å²) in [6, 6.07) is 4.17. The third-order valence-electron chi connectivity index (χ3n) is 4.84. The summed E-state index contributed by atoms with van der Waals surface area (Å²) < 4.78 is 1.78. The number of nitrogens with one attached hydrogen (secondary N) is 1. The maximum Gasteiger partial charge on any atom is 0.269 e. The molecule has 122 valence electrons. The lowest BCUT2D eigenvalue weighted by molar-refractivity contribution is 0.0752. The maximum atomic E-state index is 12.6. The van der Waals surface area contributed by atoms with Crippen LogP contribution in [0.4, 0.5) is 5.69 Å². The van der Waals surface area contributed by atoms with Crippen molar-refractivity contribution in [2.45, 2.75) is 32.1 Å². The highest BCUT2D eigenvalue weighted by atomic mass is 16.2. The van der Waals surface area contributed by atoms with E-state index < -0.39 is 0 Å². The van der Waals surface area contributed by atoms with E-state index in [4.69, 9.17) is 0 Å². The van der Waals surface area contributed by atoms with Crippen molar-refractivity contribution in [3.05, 3.63) is 30.1 Å². The first kappa shape index (κ1) is 14.5. The second-order valence-electron chi connectivity index (χ2n) is 6.46. The minimum atomic E-state index is -0.0551. The minimum absolute atomic E-state index is 0.0551. The van der Waals surface area contributed by atoms with Gasteiger partial charge < -0.3 is 4.90 Å². The van der Waals surface area contributed by atoms with Crippen LogP contribution in [0.15, 0.2) is 24.5 Å². The molecule has 0 bridgehead atoms. The summed E-state index contributed by atoms with van der Waals surface area (Å²) >= 11 is 0. The molecule has 6 heteroatoms. The molecule has 0 aliphatic carbocycles. The SMILES string of the molecule is O=C(NN1CCCCC1)c1cnn2ccc(N3CCCC3)cc12. The van der Waals surface area contributed by atoms with Crippen LogP contribution < -0.4 is 10.3 Å². The number of pyridine rings is 1. The Balaban J connectivity index is 1.58. The zero-order chi connectivity index (χ0) is 15.6. The molecule has 2 saturated heterocycles. The Hall–Kier alpha value is -2.08. The lowest BCUT2D eigenvalue weighted by atomic mass is 10.2. The van der Waals surface area contributed by atoms with Crippen LogP contribution in [0.1, 0.15) is 42.5 Å². The topological polar surface area (TPSA) is 52.9 Å². The van der Waals surface area contributed by atoms with Crippen molar-refractivity contribution in [1.29, 1.82) is 0 Å². The Kier molecular flexibility index (Phi) is 3.91. The van der Waals surface area contributed by atoms with Gasteiger partial charge in [0.2, 0.25) is 0 Å². The van der Waals surface area contributed by atoms with Gasteiger partial charge in [0.15, 0.2) is 0 Å². The molecule has 0 atom stereocenters. The number of hydrazine groups is 1. The number of hydrogen-bond donors (Lipinski definition) is 1. The van der Waals surface area contributed by atoms with Crippen LogP contribution in [-0.4, -0.2) is 46.7 Å². The standard InChI is InChI=1S/C17H23N5O/c23-17(19-21-9-2-1-3-10-21)15-13-18-22-11-6-14(12-16(15)22)20-7-4-5-8-20/h6,11-13H,1-5,7-10H2,(H,19,23). The van der Waals surface area contributed by atoms with Gasteiger partial charge in [-0.15, -0.1) is 0 Å². The summed E-state index contributed by atoms with van der Waals surface area (Å²) in [7, 11) is 0. The van der Waals surface area contributed by atoms with Crippen LogP contribution >= 0.6 is 0 Å². The lowest BCUT2D eigenvalue weighted by Crippen LogP contribution is -2.45. The summed E-state index contributed by atoms with van der Waals surface area (Å²) in [5.41, 5.74) is 5.74. The Bertz CT molecular complexity index is 698. The molecule has 0 spiro atoms. The number of anilines is 1. The zero-order valence-corrected chi connectivity index (χ0v) is 13.4. The van der Waals surface area contributed by atoms with E-state index >= 15 is 0 Å². The first-order valence-electron chi connectivity index (χ1n) is 8.59. The molecule has 1 amide bonds. The van der Waals surface area contributed by atoms with Crippen molar-refractivity contribution >= 4 is 17.1 Å². The fraction of sp³-hybridized carbons (Fsp3) is 0.529. The molecule has 23 heavy (non-hydrogen) atoms. The van der Waals surface area contributed by atoms with Gasteiger partial charge in [-0.2, -0.15) is 5.10 Å². The summed E-state index contributed by atoms with van der Waals surface area (Å²) in [6.45, 7) is 4.06. The summed E-state index contributed by atoms with van der Waals surface area (Å²) in [6.07, 6.45) is 9.65. The third-order valence-corrected chi connectivity index (χ3v) is 4.84. The molecule has 4 rings (SSSR count). The molecular formula is C17H23N5O. The first-order chi connectivity index (χ1) is 11.3. The first-order valence-corrected chi connectivity index (χ1v) is 8.59. The zero-order valence-electron chi connectivity index (χ0n) is 13.4. The van der Waals surface area contributed by atoms with Crippen LogP contribution in [0.25, 0.3) is 5.52 Å². The molecule has 2 aliphatic heterocycles. The predicted molar refractivity (Wildman–Crippen MR) is 89.5 cm³/mol. The average Bonchev–Trinajstić information content (AvgIpc) is 3.25. The Morgan fingerprint density at radius 2 is 1.78 bits per heavy atom. The molecule has 0 unspecified atom stereocenters. The number of fused-ring (bicyclic) bond motifs is 1. The van der Waals surface area contributed by atoms with Crippen LogP contribution in [0.3, 0.4) is 0 Å². The van der Waals surface area contributed by atoms with E-state index in [-0.39, 0.29) is 5.91 Å². The number of piperidine rings is 1. The smallest absolute Gasteiger partial charge is 0.269 e. The maximum absolute atomic E-state index is 12.6. The molecule has 4 heterocycles. The van der Waals surface area contributed by atoms with Crippen LogP contribution in [0.2, 0.25) is 0 Å². The van der Waals surface area contributed by atoms with Gasteiger partial charge in [0, 0.05) is 38.1 Å². The molecule has 6 nitrogen and oxygen atoms in total. The number of amides is 1. The minimum Gasteiger partial charge on any atom is -0.371 e. The summed E-state index contributed by atoms with van der Waals surface area (Å²) in [5, 5.41) is 6.35. The number of aromatic nitrogens is 2. The van der Waals surface area contributed by atoms with Gasteiger partial charge in [-0.25, -0.2) is 9.52 Å². The van der Waals surface area contributed by atoms with Gasteiger partial charge in [-0.3, -0.25) is 10.2 Å². The van der Waals surface area contributed by atoms with E-state index in [1.165, 1.54) is 24.9 Å². The number of carbonyl (C=O) groups excluding carboxylic acids is 1. The normalized spacial score (nSPS) is 19.4. The molecule has 0 saturated carbocycles. The highest BCUT2D eigenvalue weighted by Gasteiger charge is 2.19. The van der Waals surface area contributed by atoms with Crippen molar-refractivity contribution < 1.29 is 4.79 Å². The van der Waals surface area contributed by atoms with E-state index in [1.54, 1.807) is 10.7 Å². The lowest BCUT2D eigenvalue weighted by Gasteiger charge is -2.26. The number of carbonyl (C=O) groups is 1. The number of rotatable bonds is 3. The number of nitrogens with zero attached hydrogens (tertiary/aromatic N) is 4. The molecule has 2 aliphatic rings. The highest BCUT2D eigenvalue weighted by Crippen LogP contribution is 2.23. The molecule has 1 N–H and O–H groups in total. The van der Waals surface area contributed by atoms with Crippen molar-refractivity contribution in [3.63, 3.8) is 0 Å². The quantitative estimate of drug-likeness (QED) is 0.942. The summed E-state index contributed by atoms with van der Waals surface area (Å²) in [4.78, 5) is 15.0. The molecule has 2 fully saturated rings. The Morgan fingerprint density at radius 1 is 1.04 bits per heavy atom. The molecular weight excluding hydrogens is 290 g/mol. The monoisotopic (exact) mass is 313 g/mol. The van der Waals surface area contributed by atoms with Crippen LogP contribution in [-0.2, 0) is 0 Å². The van der Waals surface area contributed by atoms with E-state index in [1.807, 2.05) is 11.2 Å².